The molecule has 3 nitrogen and oxygen atoms in total. The summed E-state index contributed by atoms with van der Waals surface area (Å²) >= 11 is 0. The van der Waals surface area contributed by atoms with E-state index in [1.54, 1.807) is 37.5 Å². The molecule has 4 aromatic carbocycles. The Morgan fingerprint density at radius 1 is 0.457 bits per heavy atom. The van der Waals surface area contributed by atoms with Crippen molar-refractivity contribution in [3.8, 4) is 33.4 Å². The van der Waals surface area contributed by atoms with Crippen molar-refractivity contribution in [1.29, 1.82) is 0 Å². The Hall–Kier alpha value is -2.67. The summed E-state index contributed by atoms with van der Waals surface area (Å²) in [7, 11) is -0.101. The molecule has 1 fully saturated rings. The fraction of sp³-hybridized carbons (Fsp3) is 0.308. The topological polar surface area (TPSA) is 13.1 Å². The summed E-state index contributed by atoms with van der Waals surface area (Å²) in [5.41, 5.74) is 10.3. The largest absolute Gasteiger partial charge is 0.238 e. The van der Waals surface area contributed by atoms with Gasteiger partial charge in [-0.25, -0.2) is 14.5 Å². The molecule has 4 aromatic rings. The molecule has 0 heterocycles. The van der Waals surface area contributed by atoms with Crippen LogP contribution in [0.1, 0.15) is 19.3 Å². The van der Waals surface area contributed by atoms with Crippen LogP contribution in [0.4, 0.5) is 17.1 Å². The zero-order valence-electron chi connectivity index (χ0n) is 27.8. The van der Waals surface area contributed by atoms with Crippen LogP contribution in [-0.4, -0.2) is 57.0 Å². The van der Waals surface area contributed by atoms with Gasteiger partial charge in [-0.1, -0.05) is 72.8 Å². The third kappa shape index (κ3) is 9.45. The van der Waals surface area contributed by atoms with Crippen molar-refractivity contribution in [2.45, 2.75) is 36.2 Å². The number of hydrogen-bond acceptors (Lipinski definition) is 0. The van der Waals surface area contributed by atoms with E-state index in [1.165, 1.54) is 0 Å². The second-order valence-electron chi connectivity index (χ2n) is 12.7. The van der Waals surface area contributed by atoms with Crippen molar-refractivity contribution in [2.24, 2.45) is 0 Å². The summed E-state index contributed by atoms with van der Waals surface area (Å²) < 4.78 is 0. The van der Waals surface area contributed by atoms with Gasteiger partial charge >= 0.3 is 0 Å². The number of para-hydroxylation sites is 3. The molecule has 1 saturated carbocycles. The maximum Gasteiger partial charge on any atom is 0.194 e. The van der Waals surface area contributed by atoms with Crippen LogP contribution in [0.3, 0.4) is 0 Å². The van der Waals surface area contributed by atoms with Crippen LogP contribution in [0.15, 0.2) is 91.0 Å². The van der Waals surface area contributed by atoms with E-state index in [4.69, 9.17) is 19.7 Å². The van der Waals surface area contributed by atoms with Crippen LogP contribution < -0.4 is 0 Å². The van der Waals surface area contributed by atoms with E-state index in [0.29, 0.717) is 17.1 Å². The standard InChI is InChI=1S/C27H15N3.C12H27P3.W/c1-28-25-13-7-4-10-22(25)19-16-20(23-11-5-8-14-26(23)29-2)18-21(17-19)24-12-6-9-15-27(24)30-3;1-13(2)10-7-11(14(3)4)9-12(8-10)15(5)6;/h4-18H;10-12H,7-9H2,1-6H3;/p+3. The molecule has 0 N–H and O–H groups in total. The molecular weight excluding hydrogens is 787 g/mol. The van der Waals surface area contributed by atoms with Crippen molar-refractivity contribution >= 4 is 40.8 Å². The molecule has 5 rings (SSSR count). The van der Waals surface area contributed by atoms with Crippen molar-refractivity contribution in [1.82, 2.24) is 0 Å². The van der Waals surface area contributed by atoms with Crippen LogP contribution >= 0.6 is 23.8 Å². The van der Waals surface area contributed by atoms with E-state index in [9.17, 15) is 0 Å². The molecule has 0 saturated heterocycles. The Labute approximate surface area is 295 Å². The Morgan fingerprint density at radius 2 is 0.696 bits per heavy atom. The summed E-state index contributed by atoms with van der Waals surface area (Å²) in [4.78, 5) is 11.0. The van der Waals surface area contributed by atoms with E-state index in [0.717, 1.165) is 50.4 Å². The van der Waals surface area contributed by atoms with Crippen molar-refractivity contribution in [2.75, 3.05) is 40.0 Å². The number of rotatable bonds is 6. The Morgan fingerprint density at radius 3 is 0.913 bits per heavy atom. The summed E-state index contributed by atoms with van der Waals surface area (Å²) in [5.74, 6) is 0. The van der Waals surface area contributed by atoms with Crippen molar-refractivity contribution in [3.05, 3.63) is 125 Å². The molecule has 0 spiro atoms. The molecule has 0 bridgehead atoms. The molecule has 234 valence electrons. The zero-order chi connectivity index (χ0) is 32.5. The van der Waals surface area contributed by atoms with Gasteiger partial charge in [0.25, 0.3) is 0 Å². The van der Waals surface area contributed by atoms with E-state index >= 15 is 0 Å². The molecule has 0 aliphatic heterocycles. The number of nitrogens with zero attached hydrogens (tertiary/aromatic N) is 3. The molecule has 1 aliphatic rings. The van der Waals surface area contributed by atoms with Gasteiger partial charge in [0.05, 0.1) is 36.7 Å². The summed E-state index contributed by atoms with van der Waals surface area (Å²) in [6, 6.07) is 28.5. The van der Waals surface area contributed by atoms with Crippen LogP contribution in [0.2, 0.25) is 0 Å². The average Bonchev–Trinajstić information content (AvgIpc) is 3.07. The first-order valence-electron chi connectivity index (χ1n) is 15.6. The first kappa shape index (κ1) is 37.8. The monoisotopic (exact) mass is 832 g/mol. The first-order chi connectivity index (χ1) is 21.7. The maximum atomic E-state index is 7.54. The van der Waals surface area contributed by atoms with Gasteiger partial charge in [0, 0.05) is 80.3 Å². The van der Waals surface area contributed by atoms with Gasteiger partial charge in [0.15, 0.2) is 17.1 Å². The minimum Gasteiger partial charge on any atom is -0.238 e. The maximum absolute atomic E-state index is 7.54. The molecule has 46 heavy (non-hydrogen) atoms. The second kappa shape index (κ2) is 18.0. The zero-order valence-corrected chi connectivity index (χ0v) is 33.7. The summed E-state index contributed by atoms with van der Waals surface area (Å²) in [6.45, 7) is 37.8. The Bertz CT molecular complexity index is 1520. The summed E-state index contributed by atoms with van der Waals surface area (Å²) in [6.07, 6.45) is 4.77. The minimum absolute atomic E-state index is 0. The smallest absolute Gasteiger partial charge is 0.194 e. The van der Waals surface area contributed by atoms with Crippen LogP contribution in [0.25, 0.3) is 47.9 Å². The SMILES string of the molecule is C[PH+](C)C1CC([PH+](C)C)CC([PH+](C)C)C1.[C-]#[N+]c1ccccc1-c1cc(-c2ccccc2[N+]#[C-])cc(-c2ccccc2[N+]#[C-])c1.[W]. The van der Waals surface area contributed by atoms with Gasteiger partial charge < -0.3 is 0 Å². The van der Waals surface area contributed by atoms with Gasteiger partial charge in [-0.2, -0.15) is 0 Å². The first-order valence-corrected chi connectivity index (χ1v) is 23.4. The molecule has 0 atom stereocenters. The van der Waals surface area contributed by atoms with Crippen molar-refractivity contribution < 1.29 is 21.1 Å². The Balaban J connectivity index is 0.000000306. The molecule has 0 amide bonds. The molecule has 0 aromatic heterocycles. The normalized spacial score (nSPS) is 17.2. The van der Waals surface area contributed by atoms with E-state index < -0.39 is 0 Å². The average molecular weight is 833 g/mol. The molecule has 7 heteroatoms. The summed E-state index contributed by atoms with van der Waals surface area (Å²) in [5, 5.41) is 0. The predicted octanol–water partition coefficient (Wildman–Crippen LogP) is 12.0. The molecule has 0 unspecified atom stereocenters. The minimum atomic E-state index is -0.0338. The van der Waals surface area contributed by atoms with Gasteiger partial charge in [-0.3, -0.25) is 0 Å². The Kier molecular flexibility index (Phi) is 14.8. The van der Waals surface area contributed by atoms with Crippen LogP contribution in [-0.2, 0) is 21.1 Å². The second-order valence-corrected chi connectivity index (χ2v) is 21.6. The fourth-order valence-corrected chi connectivity index (χ4v) is 11.5. The van der Waals surface area contributed by atoms with Crippen molar-refractivity contribution in [3.63, 3.8) is 0 Å². The molecule has 1 aliphatic carbocycles. The predicted molar refractivity (Wildman–Crippen MR) is 207 cm³/mol. The third-order valence-electron chi connectivity index (χ3n) is 9.10. The van der Waals surface area contributed by atoms with Crippen LogP contribution in [0.5, 0.6) is 0 Å². The van der Waals surface area contributed by atoms with Gasteiger partial charge in [0.1, 0.15) is 0 Å². The quantitative estimate of drug-likeness (QED) is 0.136. The molecular formula is C39H45N3P3W+3. The van der Waals surface area contributed by atoms with Gasteiger partial charge in [-0.05, 0) is 75.3 Å². The van der Waals surface area contributed by atoms with Crippen LogP contribution in [0, 0.1) is 19.7 Å². The number of hydrogen-bond donors (Lipinski definition) is 0. The third-order valence-corrected chi connectivity index (χ3v) is 15.4. The van der Waals surface area contributed by atoms with Gasteiger partial charge in [-0.15, -0.1) is 0 Å². The fourth-order valence-electron chi connectivity index (χ4n) is 6.27. The van der Waals surface area contributed by atoms with Gasteiger partial charge in [0.2, 0.25) is 0 Å². The molecule has 0 radical (unpaired) electrons. The van der Waals surface area contributed by atoms with E-state index in [-0.39, 0.29) is 44.8 Å². The number of benzene rings is 4. The van der Waals surface area contributed by atoms with E-state index in [1.807, 2.05) is 72.8 Å². The van der Waals surface area contributed by atoms with E-state index in [2.05, 4.69) is 54.5 Å².